The summed E-state index contributed by atoms with van der Waals surface area (Å²) in [4.78, 5) is 15.1. The van der Waals surface area contributed by atoms with Gasteiger partial charge in [-0.3, -0.25) is 0 Å². The summed E-state index contributed by atoms with van der Waals surface area (Å²) < 4.78 is 47.8. The first-order chi connectivity index (χ1) is 8.48. The summed E-state index contributed by atoms with van der Waals surface area (Å²) in [6.45, 7) is 0.255. The van der Waals surface area contributed by atoms with Crippen molar-refractivity contribution in [3.8, 4) is 0 Å². The fraction of sp³-hybridized carbons (Fsp3) is 0.600. The summed E-state index contributed by atoms with van der Waals surface area (Å²) in [5, 5.41) is 1.34. The molecule has 0 unspecified atom stereocenters. The molecule has 1 aromatic rings. The third-order valence-electron chi connectivity index (χ3n) is 2.50. The van der Waals surface area contributed by atoms with E-state index < -0.39 is 24.4 Å². The average Bonchev–Trinajstić information content (AvgIpc) is 2.96. The van der Waals surface area contributed by atoms with Crippen LogP contribution in [-0.2, 0) is 9.47 Å². The second kappa shape index (κ2) is 5.23. The zero-order valence-corrected chi connectivity index (χ0v) is 9.96. The highest BCUT2D eigenvalue weighted by Crippen LogP contribution is 2.31. The molecule has 100 valence electrons. The third kappa shape index (κ3) is 2.99. The molecule has 0 saturated carbocycles. The van der Waals surface area contributed by atoms with Gasteiger partial charge >= 0.3 is 12.1 Å². The molecule has 2 atom stereocenters. The van der Waals surface area contributed by atoms with Gasteiger partial charge in [-0.25, -0.2) is 9.78 Å². The second-order valence-corrected chi connectivity index (χ2v) is 4.51. The van der Waals surface area contributed by atoms with Crippen LogP contribution in [0.1, 0.15) is 23.3 Å². The molecule has 4 nitrogen and oxygen atoms in total. The Hall–Kier alpha value is -1.15. The minimum atomic E-state index is -4.64. The van der Waals surface area contributed by atoms with Gasteiger partial charge < -0.3 is 9.47 Å². The maximum atomic E-state index is 12.8. The Kier molecular flexibility index (Phi) is 3.86. The van der Waals surface area contributed by atoms with Crippen molar-refractivity contribution < 1.29 is 27.4 Å². The Bertz CT molecular complexity index is 401. The highest BCUT2D eigenvalue weighted by atomic mass is 32.1. The van der Waals surface area contributed by atoms with Crippen LogP contribution in [0.5, 0.6) is 0 Å². The van der Waals surface area contributed by atoms with Crippen LogP contribution < -0.4 is 0 Å². The van der Waals surface area contributed by atoms with Gasteiger partial charge in [-0.15, -0.1) is 11.3 Å². The first-order valence-corrected chi connectivity index (χ1v) is 6.20. The number of ether oxygens (including phenoxy) is 2. The fourth-order valence-corrected chi connectivity index (χ4v) is 2.21. The molecule has 1 aliphatic heterocycles. The lowest BCUT2D eigenvalue weighted by Gasteiger charge is -2.24. The first kappa shape index (κ1) is 13.3. The summed E-state index contributed by atoms with van der Waals surface area (Å²) >= 11 is 1.11. The quantitative estimate of drug-likeness (QED) is 0.798. The van der Waals surface area contributed by atoms with Crippen molar-refractivity contribution >= 4 is 17.3 Å². The van der Waals surface area contributed by atoms with Crippen molar-refractivity contribution in [2.75, 3.05) is 6.61 Å². The maximum absolute atomic E-state index is 12.8. The predicted molar refractivity (Wildman–Crippen MR) is 56.3 cm³/mol. The molecule has 1 fully saturated rings. The van der Waals surface area contributed by atoms with E-state index in [0.717, 1.165) is 11.3 Å². The number of carbonyl (C=O) groups excluding carboxylic acids is 1. The molecule has 1 aliphatic rings. The molecule has 0 aliphatic carbocycles. The third-order valence-corrected chi connectivity index (χ3v) is 3.09. The minimum absolute atomic E-state index is 0.118. The first-order valence-electron chi connectivity index (χ1n) is 5.26. The van der Waals surface area contributed by atoms with Crippen molar-refractivity contribution in [1.29, 1.82) is 0 Å². The normalized spacial score (nSPS) is 21.8. The lowest BCUT2D eigenvalue weighted by atomic mass is 10.1. The van der Waals surface area contributed by atoms with Crippen LogP contribution in [0.2, 0.25) is 0 Å². The Morgan fingerprint density at radius 1 is 1.61 bits per heavy atom. The monoisotopic (exact) mass is 281 g/mol. The largest absolute Gasteiger partial charge is 0.445 e. The number of alkyl halides is 3. The van der Waals surface area contributed by atoms with Crippen LogP contribution in [0.25, 0.3) is 0 Å². The van der Waals surface area contributed by atoms with Gasteiger partial charge in [-0.05, 0) is 12.8 Å². The number of nitrogens with zero attached hydrogens (tertiary/aromatic N) is 1. The number of hydrogen-bond acceptors (Lipinski definition) is 5. The zero-order chi connectivity index (χ0) is 13.2. The van der Waals surface area contributed by atoms with Crippen LogP contribution in [0.3, 0.4) is 0 Å². The van der Waals surface area contributed by atoms with E-state index in [1.165, 1.54) is 10.9 Å². The van der Waals surface area contributed by atoms with Crippen LogP contribution >= 0.6 is 11.3 Å². The van der Waals surface area contributed by atoms with E-state index in [1.54, 1.807) is 0 Å². The van der Waals surface area contributed by atoms with E-state index in [-0.39, 0.29) is 18.7 Å². The van der Waals surface area contributed by atoms with Crippen LogP contribution in [0.4, 0.5) is 13.2 Å². The highest BCUT2D eigenvalue weighted by molar-refractivity contribution is 7.07. The molecular formula is C10H10F3NO3S. The molecule has 0 bridgehead atoms. The molecule has 0 aromatic carbocycles. The Morgan fingerprint density at radius 2 is 2.39 bits per heavy atom. The molecule has 1 aromatic heterocycles. The zero-order valence-electron chi connectivity index (χ0n) is 9.14. The lowest BCUT2D eigenvalue weighted by Crippen LogP contribution is -2.43. The van der Waals surface area contributed by atoms with E-state index in [1.807, 2.05) is 0 Å². The molecule has 18 heavy (non-hydrogen) atoms. The lowest BCUT2D eigenvalue weighted by molar-refractivity contribution is -0.230. The van der Waals surface area contributed by atoms with E-state index >= 15 is 0 Å². The molecular weight excluding hydrogens is 271 g/mol. The summed E-state index contributed by atoms with van der Waals surface area (Å²) in [7, 11) is 0. The van der Waals surface area contributed by atoms with Crippen LogP contribution in [0, 0.1) is 0 Å². The molecule has 2 rings (SSSR count). The van der Waals surface area contributed by atoms with Crippen molar-refractivity contribution in [2.24, 2.45) is 0 Å². The van der Waals surface area contributed by atoms with Gasteiger partial charge in [0.1, 0.15) is 6.10 Å². The number of halogens is 3. The van der Waals surface area contributed by atoms with Gasteiger partial charge in [0, 0.05) is 12.0 Å². The Morgan fingerprint density at radius 3 is 2.89 bits per heavy atom. The molecule has 1 saturated heterocycles. The summed E-state index contributed by atoms with van der Waals surface area (Å²) in [5.41, 5.74) is 1.23. The number of rotatable bonds is 3. The summed E-state index contributed by atoms with van der Waals surface area (Å²) in [6.07, 6.45) is -7.22. The van der Waals surface area contributed by atoms with Crippen molar-refractivity contribution in [3.63, 3.8) is 0 Å². The summed E-state index contributed by atoms with van der Waals surface area (Å²) in [5.74, 6) is -1.07. The van der Waals surface area contributed by atoms with Crippen LogP contribution in [-0.4, -0.2) is 35.9 Å². The standard InChI is InChI=1S/C10H10F3NO3S/c11-10(12,13)8(7-2-1-3-16-7)17-9(15)6-4-18-5-14-6/h4-5,7-8H,1-3H2/t7-,8-/m1/s1. The van der Waals surface area contributed by atoms with Gasteiger partial charge in [-0.2, -0.15) is 13.2 Å². The number of carbonyl (C=O) groups is 1. The van der Waals surface area contributed by atoms with E-state index in [4.69, 9.17) is 4.74 Å². The van der Waals surface area contributed by atoms with Crippen molar-refractivity contribution in [2.45, 2.75) is 31.2 Å². The van der Waals surface area contributed by atoms with Gasteiger partial charge in [0.05, 0.1) is 5.51 Å². The van der Waals surface area contributed by atoms with Gasteiger partial charge in [0.25, 0.3) is 0 Å². The number of thiazole rings is 1. The van der Waals surface area contributed by atoms with Crippen molar-refractivity contribution in [3.05, 3.63) is 16.6 Å². The van der Waals surface area contributed by atoms with E-state index in [0.29, 0.717) is 6.42 Å². The number of aromatic nitrogens is 1. The fourth-order valence-electron chi connectivity index (χ4n) is 1.68. The molecule has 0 N–H and O–H groups in total. The average molecular weight is 281 g/mol. The van der Waals surface area contributed by atoms with Crippen molar-refractivity contribution in [1.82, 2.24) is 4.98 Å². The smallest absolute Gasteiger partial charge is 0.428 e. The number of hydrogen-bond donors (Lipinski definition) is 0. The van der Waals surface area contributed by atoms with Gasteiger partial charge in [0.2, 0.25) is 6.10 Å². The van der Waals surface area contributed by atoms with E-state index in [2.05, 4.69) is 9.72 Å². The molecule has 0 spiro atoms. The minimum Gasteiger partial charge on any atom is -0.445 e. The Balaban J connectivity index is 2.08. The Labute approximate surface area is 105 Å². The molecule has 2 heterocycles. The van der Waals surface area contributed by atoms with E-state index in [9.17, 15) is 18.0 Å². The molecule has 0 radical (unpaired) electrons. The molecule has 0 amide bonds. The number of esters is 1. The molecule has 8 heteroatoms. The SMILES string of the molecule is O=C(O[C@H]([C@H]1CCCO1)C(F)(F)F)c1cscn1. The maximum Gasteiger partial charge on any atom is 0.428 e. The highest BCUT2D eigenvalue weighted by Gasteiger charge is 2.49. The van der Waals surface area contributed by atoms with Crippen LogP contribution in [0.15, 0.2) is 10.9 Å². The summed E-state index contributed by atoms with van der Waals surface area (Å²) in [6, 6.07) is 0. The topological polar surface area (TPSA) is 48.4 Å². The van der Waals surface area contributed by atoms with Gasteiger partial charge in [-0.1, -0.05) is 0 Å². The van der Waals surface area contributed by atoms with Gasteiger partial charge in [0.15, 0.2) is 5.69 Å². The second-order valence-electron chi connectivity index (χ2n) is 3.79. The predicted octanol–water partition coefficient (Wildman–Crippen LogP) is 2.41.